The van der Waals surface area contributed by atoms with E-state index in [0.29, 0.717) is 25.7 Å². The van der Waals surface area contributed by atoms with Crippen molar-refractivity contribution in [3.63, 3.8) is 0 Å². The molecule has 6 heteroatoms. The first-order valence-electron chi connectivity index (χ1n) is 9.65. The summed E-state index contributed by atoms with van der Waals surface area (Å²) in [5, 5.41) is 17.2. The quantitative estimate of drug-likeness (QED) is 0.357. The van der Waals surface area contributed by atoms with E-state index in [-0.39, 0.29) is 0 Å². The molecule has 0 spiro atoms. The van der Waals surface area contributed by atoms with Gasteiger partial charge in [0.1, 0.15) is 5.75 Å². The summed E-state index contributed by atoms with van der Waals surface area (Å²) in [6.07, 6.45) is 5.90. The molecule has 0 amide bonds. The number of nitrogens with one attached hydrogen (secondary N) is 2. The molecule has 0 heterocycles. The molecule has 1 aromatic rings. The van der Waals surface area contributed by atoms with Crippen molar-refractivity contribution in [2.75, 3.05) is 38.7 Å². The van der Waals surface area contributed by atoms with E-state index in [0.717, 1.165) is 50.1 Å². The molecule has 1 aliphatic carbocycles. The van der Waals surface area contributed by atoms with Crippen molar-refractivity contribution in [2.24, 2.45) is 4.99 Å². The van der Waals surface area contributed by atoms with Crippen LogP contribution in [0.2, 0.25) is 0 Å². The number of anilines is 1. The number of nitrogens with zero attached hydrogens (tertiary/aromatic N) is 1. The van der Waals surface area contributed by atoms with Gasteiger partial charge in [0.05, 0.1) is 18.8 Å². The Kier molecular flexibility index (Phi) is 8.71. The third-order valence-electron chi connectivity index (χ3n) is 4.52. The molecule has 0 aromatic heterocycles. The van der Waals surface area contributed by atoms with E-state index < -0.39 is 5.60 Å². The zero-order chi connectivity index (χ0) is 18.7. The van der Waals surface area contributed by atoms with Crippen molar-refractivity contribution in [1.29, 1.82) is 0 Å². The van der Waals surface area contributed by atoms with Crippen LogP contribution in [-0.2, 0) is 4.74 Å². The Labute approximate surface area is 157 Å². The lowest BCUT2D eigenvalue weighted by molar-refractivity contribution is 0.0132. The van der Waals surface area contributed by atoms with Gasteiger partial charge < -0.3 is 25.2 Å². The van der Waals surface area contributed by atoms with Crippen molar-refractivity contribution in [3.8, 4) is 5.75 Å². The summed E-state index contributed by atoms with van der Waals surface area (Å²) in [5.74, 6) is 1.50. The van der Waals surface area contributed by atoms with E-state index in [1.807, 2.05) is 31.2 Å². The van der Waals surface area contributed by atoms with Crippen molar-refractivity contribution >= 4 is 11.6 Å². The Hall–Kier alpha value is -1.79. The molecule has 146 valence electrons. The molecule has 0 unspecified atom stereocenters. The number of rotatable bonds is 9. The maximum Gasteiger partial charge on any atom is 0.195 e. The molecule has 1 saturated carbocycles. The molecular formula is C20H33N3O3. The van der Waals surface area contributed by atoms with Crippen molar-refractivity contribution in [1.82, 2.24) is 5.32 Å². The average Bonchev–Trinajstić information content (AvgIpc) is 2.65. The second-order valence-corrected chi connectivity index (χ2v) is 6.83. The van der Waals surface area contributed by atoms with Gasteiger partial charge in [0.15, 0.2) is 5.96 Å². The first kappa shape index (κ1) is 20.5. The summed E-state index contributed by atoms with van der Waals surface area (Å²) in [6, 6.07) is 7.82. The van der Waals surface area contributed by atoms with Crippen LogP contribution in [0, 0.1) is 0 Å². The number of benzene rings is 1. The van der Waals surface area contributed by atoms with Gasteiger partial charge in [0.25, 0.3) is 0 Å². The highest BCUT2D eigenvalue weighted by Gasteiger charge is 2.28. The van der Waals surface area contributed by atoms with Gasteiger partial charge in [-0.1, -0.05) is 25.3 Å². The summed E-state index contributed by atoms with van der Waals surface area (Å²) in [5.41, 5.74) is 0.247. The van der Waals surface area contributed by atoms with E-state index in [4.69, 9.17) is 9.47 Å². The Morgan fingerprint density at radius 1 is 1.23 bits per heavy atom. The highest BCUT2D eigenvalue weighted by atomic mass is 16.5. The van der Waals surface area contributed by atoms with E-state index in [9.17, 15) is 5.11 Å². The third-order valence-corrected chi connectivity index (χ3v) is 4.52. The first-order chi connectivity index (χ1) is 12.6. The smallest absolute Gasteiger partial charge is 0.195 e. The number of hydrogen-bond acceptors (Lipinski definition) is 4. The number of methoxy groups -OCH3 is 1. The largest absolute Gasteiger partial charge is 0.493 e. The summed E-state index contributed by atoms with van der Waals surface area (Å²) < 4.78 is 10.8. The van der Waals surface area contributed by atoms with Gasteiger partial charge in [-0.15, -0.1) is 0 Å². The molecule has 6 nitrogen and oxygen atoms in total. The summed E-state index contributed by atoms with van der Waals surface area (Å²) in [7, 11) is 1.69. The first-order valence-corrected chi connectivity index (χ1v) is 9.65. The Bertz CT molecular complexity index is 557. The van der Waals surface area contributed by atoms with Crippen LogP contribution in [0.25, 0.3) is 0 Å². The highest BCUT2D eigenvalue weighted by molar-refractivity contribution is 5.93. The van der Waals surface area contributed by atoms with Gasteiger partial charge in [0, 0.05) is 38.4 Å². The second kappa shape index (κ2) is 11.0. The normalized spacial score (nSPS) is 17.0. The van der Waals surface area contributed by atoms with Gasteiger partial charge in [-0.2, -0.15) is 0 Å². The van der Waals surface area contributed by atoms with E-state index in [2.05, 4.69) is 15.6 Å². The fraction of sp³-hybridized carbons (Fsp3) is 0.650. The van der Waals surface area contributed by atoms with E-state index >= 15 is 0 Å². The number of aliphatic hydroxyl groups is 1. The minimum Gasteiger partial charge on any atom is -0.493 e. The van der Waals surface area contributed by atoms with Crippen molar-refractivity contribution in [2.45, 2.75) is 51.0 Å². The maximum atomic E-state index is 10.6. The molecule has 1 aliphatic rings. The molecule has 0 saturated heterocycles. The molecule has 3 N–H and O–H groups in total. The Morgan fingerprint density at radius 3 is 2.77 bits per heavy atom. The number of ether oxygens (including phenoxy) is 2. The number of guanidine groups is 1. The van der Waals surface area contributed by atoms with Crippen LogP contribution in [0.3, 0.4) is 0 Å². The third kappa shape index (κ3) is 7.22. The maximum absolute atomic E-state index is 10.6. The molecule has 26 heavy (non-hydrogen) atoms. The minimum absolute atomic E-state index is 0.426. The monoisotopic (exact) mass is 363 g/mol. The van der Waals surface area contributed by atoms with E-state index in [1.165, 1.54) is 6.42 Å². The SMILES string of the molecule is CCNC(=NCC1(O)CCCCC1)Nc1cccc(OCCCOC)c1. The van der Waals surface area contributed by atoms with Gasteiger partial charge in [0.2, 0.25) is 0 Å². The lowest BCUT2D eigenvalue weighted by Gasteiger charge is -2.30. The second-order valence-electron chi connectivity index (χ2n) is 6.83. The number of aliphatic imine (C=N–C) groups is 1. The van der Waals surface area contributed by atoms with Crippen LogP contribution in [0.5, 0.6) is 5.75 Å². The van der Waals surface area contributed by atoms with Crippen molar-refractivity contribution < 1.29 is 14.6 Å². The lowest BCUT2D eigenvalue weighted by Crippen LogP contribution is -2.37. The summed E-state index contributed by atoms with van der Waals surface area (Å²) in [4.78, 5) is 4.61. The van der Waals surface area contributed by atoms with Crippen LogP contribution < -0.4 is 15.4 Å². The predicted molar refractivity (Wildman–Crippen MR) is 106 cm³/mol. The van der Waals surface area contributed by atoms with Crippen LogP contribution >= 0.6 is 0 Å². The van der Waals surface area contributed by atoms with E-state index in [1.54, 1.807) is 7.11 Å². The van der Waals surface area contributed by atoms with Gasteiger partial charge in [-0.05, 0) is 31.9 Å². The predicted octanol–water partition coefficient (Wildman–Crippen LogP) is 3.17. The molecule has 0 atom stereocenters. The van der Waals surface area contributed by atoms with Gasteiger partial charge in [-0.25, -0.2) is 0 Å². The van der Waals surface area contributed by atoms with Gasteiger partial charge >= 0.3 is 0 Å². The topological polar surface area (TPSA) is 75.1 Å². The lowest BCUT2D eigenvalue weighted by atomic mass is 9.85. The standard InChI is InChI=1S/C20H33N3O3/c1-3-21-19(22-16-20(24)11-5-4-6-12-20)23-17-9-7-10-18(15-17)26-14-8-13-25-2/h7,9-10,15,24H,3-6,8,11-14,16H2,1-2H3,(H2,21,22,23). The van der Waals surface area contributed by atoms with Crippen LogP contribution in [0.15, 0.2) is 29.3 Å². The van der Waals surface area contributed by atoms with Crippen molar-refractivity contribution in [3.05, 3.63) is 24.3 Å². The molecule has 0 aliphatic heterocycles. The fourth-order valence-electron chi connectivity index (χ4n) is 3.09. The van der Waals surface area contributed by atoms with Crippen LogP contribution in [-0.4, -0.2) is 50.1 Å². The zero-order valence-electron chi connectivity index (χ0n) is 16.1. The number of hydrogen-bond donors (Lipinski definition) is 3. The van der Waals surface area contributed by atoms with Gasteiger partial charge in [-0.3, -0.25) is 4.99 Å². The molecule has 2 rings (SSSR count). The van der Waals surface area contributed by atoms with Crippen LogP contribution in [0.4, 0.5) is 5.69 Å². The molecule has 0 radical (unpaired) electrons. The minimum atomic E-state index is -0.660. The molecule has 1 aromatic carbocycles. The highest BCUT2D eigenvalue weighted by Crippen LogP contribution is 2.28. The summed E-state index contributed by atoms with van der Waals surface area (Å²) >= 11 is 0. The van der Waals surface area contributed by atoms with Crippen LogP contribution in [0.1, 0.15) is 45.4 Å². The summed E-state index contributed by atoms with van der Waals surface area (Å²) in [6.45, 7) is 4.53. The Morgan fingerprint density at radius 2 is 2.04 bits per heavy atom. The molecular weight excluding hydrogens is 330 g/mol. The zero-order valence-corrected chi connectivity index (χ0v) is 16.1. The fourth-order valence-corrected chi connectivity index (χ4v) is 3.09. The average molecular weight is 364 g/mol. The Balaban J connectivity index is 1.94. The molecule has 0 bridgehead atoms. The molecule has 1 fully saturated rings.